The molecule has 2 heterocycles. The van der Waals surface area contributed by atoms with Crippen molar-refractivity contribution in [2.75, 3.05) is 5.84 Å². The molecule has 20 heavy (non-hydrogen) atoms. The monoisotopic (exact) mass is 274 g/mol. The van der Waals surface area contributed by atoms with E-state index in [4.69, 9.17) is 15.6 Å². The Labute approximate surface area is 112 Å². The fourth-order valence-corrected chi connectivity index (χ4v) is 1.53. The minimum Gasteiger partial charge on any atom is -0.492 e. The quantitative estimate of drug-likeness (QED) is 0.621. The third kappa shape index (κ3) is 2.10. The first-order chi connectivity index (χ1) is 9.45. The lowest BCUT2D eigenvalue weighted by atomic mass is 10.1. The lowest BCUT2D eigenvalue weighted by molar-refractivity contribution is 0.399. The summed E-state index contributed by atoms with van der Waals surface area (Å²) in [6.07, 6.45) is 0. The zero-order valence-corrected chi connectivity index (χ0v) is 10.7. The van der Waals surface area contributed by atoms with Crippen LogP contribution >= 0.6 is 0 Å². The van der Waals surface area contributed by atoms with Gasteiger partial charge in [0.2, 0.25) is 11.7 Å². The number of azo groups is 1. The second kappa shape index (κ2) is 4.85. The molecular weight excluding hydrogens is 264 g/mol. The zero-order valence-electron chi connectivity index (χ0n) is 10.7. The number of nitrogens with two attached hydrogens (primary N) is 1. The highest BCUT2D eigenvalue weighted by molar-refractivity contribution is 5.59. The van der Waals surface area contributed by atoms with E-state index < -0.39 is 11.4 Å². The summed E-state index contributed by atoms with van der Waals surface area (Å²) in [4.78, 5) is 11.6. The van der Waals surface area contributed by atoms with E-state index in [1.54, 1.807) is 13.0 Å². The average Bonchev–Trinajstić information content (AvgIpc) is 2.83. The highest BCUT2D eigenvalue weighted by Gasteiger charge is 2.17. The molecule has 9 nitrogen and oxygen atoms in total. The van der Waals surface area contributed by atoms with Gasteiger partial charge in [-0.2, -0.15) is 9.94 Å². The van der Waals surface area contributed by atoms with E-state index in [2.05, 4.69) is 15.4 Å². The number of nitrogen functional groups attached to an aromatic ring is 1. The van der Waals surface area contributed by atoms with Crippen molar-refractivity contribution in [1.82, 2.24) is 9.83 Å². The molecular formula is C11H10N6O3. The van der Waals surface area contributed by atoms with Gasteiger partial charge in [-0.15, -0.1) is 10.2 Å². The number of aryl methyl sites for hydroxylation is 1. The van der Waals surface area contributed by atoms with Crippen LogP contribution in [0.4, 0.5) is 11.5 Å². The highest BCUT2D eigenvalue weighted by Crippen LogP contribution is 2.30. The highest BCUT2D eigenvalue weighted by atomic mass is 16.5. The van der Waals surface area contributed by atoms with E-state index in [0.717, 1.165) is 0 Å². The fourth-order valence-electron chi connectivity index (χ4n) is 1.53. The van der Waals surface area contributed by atoms with Gasteiger partial charge >= 0.3 is 0 Å². The standard InChI is InChI=1S/C11H10N6O3/c1-5-3-8(16-20-5)14-15-9-6(2)7(4-12)10(18)17(13)11(9)19/h3,19H,13H2,1-2H3. The molecule has 0 aliphatic heterocycles. The molecule has 102 valence electrons. The Morgan fingerprint density at radius 1 is 1.50 bits per heavy atom. The summed E-state index contributed by atoms with van der Waals surface area (Å²) >= 11 is 0. The zero-order chi connectivity index (χ0) is 14.9. The van der Waals surface area contributed by atoms with Crippen LogP contribution in [-0.4, -0.2) is 14.9 Å². The maximum absolute atomic E-state index is 11.6. The van der Waals surface area contributed by atoms with Crippen molar-refractivity contribution < 1.29 is 9.63 Å². The molecule has 0 unspecified atom stereocenters. The first-order valence-corrected chi connectivity index (χ1v) is 5.44. The minimum absolute atomic E-state index is 0.0793. The predicted octanol–water partition coefficient (Wildman–Crippen LogP) is 1.16. The first kappa shape index (κ1) is 13.3. The Hall–Kier alpha value is -3.15. The van der Waals surface area contributed by atoms with Crippen LogP contribution in [0, 0.1) is 25.2 Å². The number of rotatable bonds is 2. The molecule has 0 aromatic carbocycles. The molecule has 0 atom stereocenters. The number of nitriles is 1. The molecule has 9 heteroatoms. The van der Waals surface area contributed by atoms with E-state index in [1.807, 2.05) is 0 Å². The molecule has 0 amide bonds. The maximum atomic E-state index is 11.6. The lowest BCUT2D eigenvalue weighted by Crippen LogP contribution is -2.29. The third-order valence-corrected chi connectivity index (χ3v) is 2.58. The first-order valence-electron chi connectivity index (χ1n) is 5.44. The van der Waals surface area contributed by atoms with Crippen molar-refractivity contribution in [1.29, 1.82) is 5.26 Å². The molecule has 0 bridgehead atoms. The van der Waals surface area contributed by atoms with Gasteiger partial charge in [0, 0.05) is 11.6 Å². The Kier molecular flexibility index (Phi) is 3.22. The molecule has 0 spiro atoms. The smallest absolute Gasteiger partial charge is 0.290 e. The summed E-state index contributed by atoms with van der Waals surface area (Å²) < 4.78 is 5.24. The van der Waals surface area contributed by atoms with Crippen LogP contribution in [0.1, 0.15) is 16.9 Å². The van der Waals surface area contributed by atoms with Crippen LogP contribution in [0.5, 0.6) is 5.88 Å². The fraction of sp³-hybridized carbons (Fsp3) is 0.182. The van der Waals surface area contributed by atoms with Crippen molar-refractivity contribution in [2.24, 2.45) is 10.2 Å². The minimum atomic E-state index is -0.807. The largest absolute Gasteiger partial charge is 0.492 e. The van der Waals surface area contributed by atoms with E-state index in [9.17, 15) is 9.90 Å². The lowest BCUT2D eigenvalue weighted by Gasteiger charge is -2.07. The molecule has 0 saturated heterocycles. The molecule has 0 aliphatic rings. The molecule has 0 saturated carbocycles. The van der Waals surface area contributed by atoms with Crippen molar-refractivity contribution in [3.8, 4) is 11.9 Å². The second-order valence-corrected chi connectivity index (χ2v) is 3.95. The maximum Gasteiger partial charge on any atom is 0.290 e. The van der Waals surface area contributed by atoms with Gasteiger partial charge in [-0.05, 0) is 13.8 Å². The Bertz CT molecular complexity index is 796. The summed E-state index contributed by atoms with van der Waals surface area (Å²) in [7, 11) is 0. The van der Waals surface area contributed by atoms with Gasteiger partial charge in [-0.3, -0.25) is 4.79 Å². The van der Waals surface area contributed by atoms with Gasteiger partial charge in [0.1, 0.15) is 17.4 Å². The molecule has 0 aliphatic carbocycles. The predicted molar refractivity (Wildman–Crippen MR) is 67.4 cm³/mol. The second-order valence-electron chi connectivity index (χ2n) is 3.95. The SMILES string of the molecule is Cc1cc(N=Nc2c(C)c(C#N)c(=O)n(N)c2O)no1. The van der Waals surface area contributed by atoms with Crippen LogP contribution in [0.3, 0.4) is 0 Å². The van der Waals surface area contributed by atoms with Gasteiger partial charge in [-0.25, -0.2) is 0 Å². The molecule has 0 fully saturated rings. The van der Waals surface area contributed by atoms with Gasteiger partial charge in [0.25, 0.3) is 5.56 Å². The van der Waals surface area contributed by atoms with Gasteiger partial charge in [0.15, 0.2) is 5.69 Å². The van der Waals surface area contributed by atoms with Crippen molar-refractivity contribution in [3.05, 3.63) is 33.3 Å². The van der Waals surface area contributed by atoms with Gasteiger partial charge < -0.3 is 15.5 Å². The number of aromatic nitrogens is 2. The van der Waals surface area contributed by atoms with Crippen molar-refractivity contribution in [2.45, 2.75) is 13.8 Å². The number of nitrogens with zero attached hydrogens (tertiary/aromatic N) is 5. The Morgan fingerprint density at radius 3 is 2.75 bits per heavy atom. The molecule has 0 radical (unpaired) electrons. The number of pyridine rings is 1. The van der Waals surface area contributed by atoms with Crippen LogP contribution in [0.25, 0.3) is 0 Å². The van der Waals surface area contributed by atoms with Crippen LogP contribution in [-0.2, 0) is 0 Å². The summed E-state index contributed by atoms with van der Waals surface area (Å²) in [6.45, 7) is 3.14. The summed E-state index contributed by atoms with van der Waals surface area (Å²) in [5, 5.41) is 29.8. The number of aromatic hydroxyl groups is 1. The molecule has 3 N–H and O–H groups in total. The van der Waals surface area contributed by atoms with E-state index >= 15 is 0 Å². The Balaban J connectivity index is 2.58. The van der Waals surface area contributed by atoms with E-state index in [0.29, 0.717) is 10.4 Å². The normalized spacial score (nSPS) is 10.8. The van der Waals surface area contributed by atoms with E-state index in [1.165, 1.54) is 13.0 Å². The van der Waals surface area contributed by atoms with Gasteiger partial charge in [-0.1, -0.05) is 5.16 Å². The summed E-state index contributed by atoms with van der Waals surface area (Å²) in [6, 6.07) is 3.24. The van der Waals surface area contributed by atoms with Crippen LogP contribution in [0.2, 0.25) is 0 Å². The molecule has 2 aromatic rings. The van der Waals surface area contributed by atoms with Crippen LogP contribution < -0.4 is 11.4 Å². The number of hydrogen-bond donors (Lipinski definition) is 2. The molecule has 2 aromatic heterocycles. The summed E-state index contributed by atoms with van der Waals surface area (Å²) in [5.41, 5.74) is -0.917. The Morgan fingerprint density at radius 2 is 2.20 bits per heavy atom. The van der Waals surface area contributed by atoms with E-state index in [-0.39, 0.29) is 22.6 Å². The number of hydrogen-bond acceptors (Lipinski definition) is 8. The topological polar surface area (TPSA) is 143 Å². The van der Waals surface area contributed by atoms with Crippen LogP contribution in [0.15, 0.2) is 25.6 Å². The van der Waals surface area contributed by atoms with Gasteiger partial charge in [0.05, 0.1) is 0 Å². The average molecular weight is 274 g/mol. The van der Waals surface area contributed by atoms with Crippen molar-refractivity contribution >= 4 is 11.5 Å². The summed E-state index contributed by atoms with van der Waals surface area (Å²) in [5.74, 6) is 5.51. The molecule has 2 rings (SSSR count). The third-order valence-electron chi connectivity index (χ3n) is 2.58. The van der Waals surface area contributed by atoms with Crippen molar-refractivity contribution in [3.63, 3.8) is 0 Å².